The lowest BCUT2D eigenvalue weighted by atomic mass is 10.2. The molecule has 0 radical (unpaired) electrons. The van der Waals surface area contributed by atoms with Crippen LogP contribution in [0.2, 0.25) is 0 Å². The molecule has 3 N–H and O–H groups in total. The summed E-state index contributed by atoms with van der Waals surface area (Å²) in [5, 5.41) is 13.9. The summed E-state index contributed by atoms with van der Waals surface area (Å²) in [6.07, 6.45) is -0.214. The third-order valence-corrected chi connectivity index (χ3v) is 2.78. The van der Waals surface area contributed by atoms with E-state index in [1.165, 1.54) is 12.1 Å². The third-order valence-electron chi connectivity index (χ3n) is 1.87. The molecule has 0 aliphatic rings. The van der Waals surface area contributed by atoms with E-state index in [0.29, 0.717) is 0 Å². The largest absolute Gasteiger partial charge is 0.490 e. The molecule has 0 bridgehead atoms. The standard InChI is InChI=1S/C10H13NO5S/c1-6(2)16-9-4-3-7(17(11,14)15)5-8(9)10(12)13/h3-6H,1-2H3,(H,12,13)(H2,11,14,15). The number of carboxylic acids is 1. The van der Waals surface area contributed by atoms with Crippen LogP contribution in [0.5, 0.6) is 5.75 Å². The summed E-state index contributed by atoms with van der Waals surface area (Å²) >= 11 is 0. The number of rotatable bonds is 4. The van der Waals surface area contributed by atoms with Gasteiger partial charge in [0, 0.05) is 0 Å². The van der Waals surface area contributed by atoms with E-state index in [1.54, 1.807) is 13.8 Å². The molecule has 0 saturated heterocycles. The number of hydrogen-bond acceptors (Lipinski definition) is 4. The van der Waals surface area contributed by atoms with Gasteiger partial charge in [-0.25, -0.2) is 18.4 Å². The molecule has 0 unspecified atom stereocenters. The highest BCUT2D eigenvalue weighted by atomic mass is 32.2. The van der Waals surface area contributed by atoms with Crippen molar-refractivity contribution in [3.63, 3.8) is 0 Å². The number of hydrogen-bond donors (Lipinski definition) is 2. The minimum absolute atomic E-state index is 0.111. The first-order valence-corrected chi connectivity index (χ1v) is 6.33. The molecule has 0 aromatic heterocycles. The van der Waals surface area contributed by atoms with Crippen molar-refractivity contribution in [1.82, 2.24) is 0 Å². The molecule has 0 spiro atoms. The van der Waals surface area contributed by atoms with Crippen LogP contribution in [0.15, 0.2) is 23.1 Å². The molecule has 0 amide bonds. The van der Waals surface area contributed by atoms with Crippen LogP contribution in [0.25, 0.3) is 0 Å². The normalized spacial score (nSPS) is 11.5. The fourth-order valence-corrected chi connectivity index (χ4v) is 1.75. The van der Waals surface area contributed by atoms with Gasteiger partial charge in [-0.15, -0.1) is 0 Å². The minimum atomic E-state index is -3.92. The van der Waals surface area contributed by atoms with E-state index in [1.807, 2.05) is 0 Å². The van der Waals surface area contributed by atoms with Crippen molar-refractivity contribution in [2.75, 3.05) is 0 Å². The second kappa shape index (κ2) is 4.72. The molecule has 0 atom stereocenters. The Kier molecular flexibility index (Phi) is 3.74. The van der Waals surface area contributed by atoms with Gasteiger partial charge >= 0.3 is 5.97 Å². The second-order valence-electron chi connectivity index (χ2n) is 3.67. The highest BCUT2D eigenvalue weighted by Crippen LogP contribution is 2.23. The number of ether oxygens (including phenoxy) is 1. The van der Waals surface area contributed by atoms with Gasteiger partial charge in [-0.3, -0.25) is 0 Å². The minimum Gasteiger partial charge on any atom is -0.490 e. The van der Waals surface area contributed by atoms with Crippen molar-refractivity contribution in [2.45, 2.75) is 24.8 Å². The lowest BCUT2D eigenvalue weighted by Gasteiger charge is -2.12. The fraction of sp³-hybridized carbons (Fsp3) is 0.300. The summed E-state index contributed by atoms with van der Waals surface area (Å²) < 4.78 is 27.4. The molecule has 1 aromatic rings. The summed E-state index contributed by atoms with van der Waals surface area (Å²) in [4.78, 5) is 10.7. The van der Waals surface area contributed by atoms with Crippen LogP contribution >= 0.6 is 0 Å². The summed E-state index contributed by atoms with van der Waals surface area (Å²) in [7, 11) is -3.92. The summed E-state index contributed by atoms with van der Waals surface area (Å²) in [5.41, 5.74) is -0.231. The van der Waals surface area contributed by atoms with Gasteiger partial charge < -0.3 is 9.84 Å². The van der Waals surface area contributed by atoms with E-state index < -0.39 is 16.0 Å². The monoisotopic (exact) mass is 259 g/mol. The van der Waals surface area contributed by atoms with Crippen molar-refractivity contribution in [2.24, 2.45) is 5.14 Å². The zero-order valence-electron chi connectivity index (χ0n) is 9.38. The summed E-state index contributed by atoms with van der Waals surface area (Å²) in [6.45, 7) is 3.47. The topological polar surface area (TPSA) is 107 Å². The first-order valence-electron chi connectivity index (χ1n) is 4.78. The molecule has 6 nitrogen and oxygen atoms in total. The Labute approximate surface area is 99.1 Å². The van der Waals surface area contributed by atoms with Gasteiger partial charge in [-0.05, 0) is 32.0 Å². The van der Waals surface area contributed by atoms with Crippen LogP contribution in [0, 0.1) is 0 Å². The fourth-order valence-electron chi connectivity index (χ4n) is 1.21. The molecule has 1 rings (SSSR count). The lowest BCUT2D eigenvalue weighted by Crippen LogP contribution is -2.15. The number of carbonyl (C=O) groups is 1. The number of primary sulfonamides is 1. The van der Waals surface area contributed by atoms with Crippen LogP contribution in [-0.2, 0) is 10.0 Å². The Morgan fingerprint density at radius 1 is 1.41 bits per heavy atom. The van der Waals surface area contributed by atoms with Gasteiger partial charge in [-0.2, -0.15) is 0 Å². The Morgan fingerprint density at radius 3 is 2.41 bits per heavy atom. The van der Waals surface area contributed by atoms with Crippen molar-refractivity contribution in [3.05, 3.63) is 23.8 Å². The third kappa shape index (κ3) is 3.43. The zero-order chi connectivity index (χ0) is 13.2. The van der Waals surface area contributed by atoms with Crippen LogP contribution < -0.4 is 9.88 Å². The lowest BCUT2D eigenvalue weighted by molar-refractivity contribution is 0.0690. The van der Waals surface area contributed by atoms with Crippen molar-refractivity contribution in [3.8, 4) is 5.75 Å². The van der Waals surface area contributed by atoms with E-state index in [0.717, 1.165) is 6.07 Å². The van der Waals surface area contributed by atoms with Crippen LogP contribution in [0.1, 0.15) is 24.2 Å². The van der Waals surface area contributed by atoms with Crippen LogP contribution in [0.4, 0.5) is 0 Å². The highest BCUT2D eigenvalue weighted by molar-refractivity contribution is 7.89. The van der Waals surface area contributed by atoms with E-state index in [-0.39, 0.29) is 22.3 Å². The summed E-state index contributed by atoms with van der Waals surface area (Å²) in [6, 6.07) is 3.47. The van der Waals surface area contributed by atoms with E-state index in [4.69, 9.17) is 15.0 Å². The number of nitrogens with two attached hydrogens (primary N) is 1. The van der Waals surface area contributed by atoms with Crippen molar-refractivity contribution < 1.29 is 23.1 Å². The molecule has 0 fully saturated rings. The predicted octanol–water partition coefficient (Wildman–Crippen LogP) is 0.819. The smallest absolute Gasteiger partial charge is 0.339 e. The van der Waals surface area contributed by atoms with Crippen LogP contribution in [-0.4, -0.2) is 25.6 Å². The van der Waals surface area contributed by atoms with Crippen LogP contribution in [0.3, 0.4) is 0 Å². The molecule has 17 heavy (non-hydrogen) atoms. The molecule has 94 valence electrons. The molecule has 1 aromatic carbocycles. The molecular weight excluding hydrogens is 246 g/mol. The van der Waals surface area contributed by atoms with Gasteiger partial charge in [0.1, 0.15) is 11.3 Å². The van der Waals surface area contributed by atoms with Gasteiger partial charge in [0.05, 0.1) is 11.0 Å². The molecular formula is C10H13NO5S. The van der Waals surface area contributed by atoms with Crippen molar-refractivity contribution >= 4 is 16.0 Å². The molecule has 7 heteroatoms. The second-order valence-corrected chi connectivity index (χ2v) is 5.24. The number of carboxylic acid groups (broad SMARTS) is 1. The molecule has 0 heterocycles. The molecule has 0 aliphatic carbocycles. The average molecular weight is 259 g/mol. The van der Waals surface area contributed by atoms with Crippen molar-refractivity contribution in [1.29, 1.82) is 0 Å². The molecule has 0 saturated carbocycles. The zero-order valence-corrected chi connectivity index (χ0v) is 10.2. The number of benzene rings is 1. The maximum absolute atomic E-state index is 11.1. The van der Waals surface area contributed by atoms with Gasteiger partial charge in [0.2, 0.25) is 10.0 Å². The predicted molar refractivity (Wildman–Crippen MR) is 60.5 cm³/mol. The highest BCUT2D eigenvalue weighted by Gasteiger charge is 2.17. The Morgan fingerprint density at radius 2 is 2.00 bits per heavy atom. The first kappa shape index (κ1) is 13.5. The van der Waals surface area contributed by atoms with E-state index in [2.05, 4.69) is 0 Å². The number of aromatic carboxylic acids is 1. The quantitative estimate of drug-likeness (QED) is 0.832. The Bertz CT molecular complexity index is 536. The van der Waals surface area contributed by atoms with E-state index >= 15 is 0 Å². The van der Waals surface area contributed by atoms with Gasteiger partial charge in [0.15, 0.2) is 0 Å². The van der Waals surface area contributed by atoms with E-state index in [9.17, 15) is 13.2 Å². The Balaban J connectivity index is 3.32. The maximum Gasteiger partial charge on any atom is 0.339 e. The van der Waals surface area contributed by atoms with Gasteiger partial charge in [-0.1, -0.05) is 0 Å². The maximum atomic E-state index is 11.1. The summed E-state index contributed by atoms with van der Waals surface area (Å²) in [5.74, 6) is -1.16. The SMILES string of the molecule is CC(C)Oc1ccc(S(N)(=O)=O)cc1C(=O)O. The average Bonchev–Trinajstić information content (AvgIpc) is 2.15. The Hall–Kier alpha value is -1.60. The first-order chi connectivity index (χ1) is 7.71. The molecule has 0 aliphatic heterocycles. The van der Waals surface area contributed by atoms with Gasteiger partial charge in [0.25, 0.3) is 0 Å². The number of sulfonamides is 1.